The van der Waals surface area contributed by atoms with Crippen LogP contribution in [0.2, 0.25) is 5.02 Å². The van der Waals surface area contributed by atoms with Crippen molar-refractivity contribution in [2.45, 2.75) is 31.2 Å². The summed E-state index contributed by atoms with van der Waals surface area (Å²) in [6.07, 6.45) is 3.16. The Hall–Kier alpha value is -3.69. The maximum Gasteiger partial charge on any atom is 0.240 e. The third-order valence-electron chi connectivity index (χ3n) is 5.66. The molecule has 0 amide bonds. The first-order chi connectivity index (χ1) is 17.7. The molecule has 3 atom stereocenters. The maximum absolute atomic E-state index is 13.5. The number of aromatic nitrogens is 9. The molecule has 14 nitrogen and oxygen atoms in total. The Kier molecular flexibility index (Phi) is 7.65. The largest absolute Gasteiger partial charge is 0.481 e. The summed E-state index contributed by atoms with van der Waals surface area (Å²) < 4.78 is 43.4. The van der Waals surface area contributed by atoms with Gasteiger partial charge in [-0.1, -0.05) is 17.7 Å². The number of rotatable bonds is 10. The monoisotopic (exact) mass is 548 g/mol. The first kappa shape index (κ1) is 26.4. The fraction of sp³-hybridized carbons (Fsp3) is 0.381. The van der Waals surface area contributed by atoms with Crippen LogP contribution in [-0.4, -0.2) is 72.4 Å². The Morgan fingerprint density at radius 3 is 2.43 bits per heavy atom. The van der Waals surface area contributed by atoms with Crippen molar-refractivity contribution < 1.29 is 17.9 Å². The number of halogens is 1. The quantitative estimate of drug-likeness (QED) is 0.308. The summed E-state index contributed by atoms with van der Waals surface area (Å²) in [7, 11) is 0.503. The van der Waals surface area contributed by atoms with Gasteiger partial charge in [0.15, 0.2) is 11.6 Å². The number of sulfonamides is 1. The molecule has 0 aromatic carbocycles. The van der Waals surface area contributed by atoms with E-state index in [1.807, 2.05) is 6.92 Å². The summed E-state index contributed by atoms with van der Waals surface area (Å²) in [4.78, 5) is 17.0. The highest BCUT2D eigenvalue weighted by Gasteiger charge is 2.35. The van der Waals surface area contributed by atoms with E-state index in [4.69, 9.17) is 21.1 Å². The highest BCUT2D eigenvalue weighted by atomic mass is 35.5. The second-order valence-electron chi connectivity index (χ2n) is 7.97. The number of nitrogens with one attached hydrogen (secondary N) is 1. The van der Waals surface area contributed by atoms with Crippen LogP contribution in [0.25, 0.3) is 11.5 Å². The van der Waals surface area contributed by atoms with Gasteiger partial charge >= 0.3 is 0 Å². The van der Waals surface area contributed by atoms with Crippen molar-refractivity contribution in [3.63, 3.8) is 0 Å². The van der Waals surface area contributed by atoms with Crippen LogP contribution in [0.1, 0.15) is 37.6 Å². The van der Waals surface area contributed by atoms with Crippen molar-refractivity contribution in [2.24, 2.45) is 7.05 Å². The molecule has 0 saturated heterocycles. The van der Waals surface area contributed by atoms with Gasteiger partial charge in [-0.25, -0.2) is 28.4 Å². The van der Waals surface area contributed by atoms with Crippen LogP contribution < -0.4 is 9.46 Å². The molecule has 4 aromatic heterocycles. The fourth-order valence-corrected chi connectivity index (χ4v) is 4.95. The van der Waals surface area contributed by atoms with E-state index in [2.05, 4.69) is 40.0 Å². The van der Waals surface area contributed by atoms with E-state index in [9.17, 15) is 8.42 Å². The predicted octanol–water partition coefficient (Wildman–Crippen LogP) is 2.05. The second-order valence-corrected chi connectivity index (χ2v) is 10.4. The summed E-state index contributed by atoms with van der Waals surface area (Å²) in [6, 6.07) is 4.61. The van der Waals surface area contributed by atoms with Crippen LogP contribution in [0.4, 0.5) is 5.95 Å². The maximum atomic E-state index is 13.5. The molecule has 0 fully saturated rings. The highest BCUT2D eigenvalue weighted by Crippen LogP contribution is 2.30. The van der Waals surface area contributed by atoms with Crippen LogP contribution in [0.5, 0.6) is 5.88 Å². The minimum atomic E-state index is -4.10. The number of methoxy groups -OCH3 is 2. The van der Waals surface area contributed by atoms with Crippen molar-refractivity contribution in [3.05, 3.63) is 53.6 Å². The summed E-state index contributed by atoms with van der Waals surface area (Å²) >= 11 is 5.87. The van der Waals surface area contributed by atoms with Gasteiger partial charge in [-0.05, 0) is 19.9 Å². The zero-order valence-electron chi connectivity index (χ0n) is 20.6. The highest BCUT2D eigenvalue weighted by molar-refractivity contribution is 7.93. The van der Waals surface area contributed by atoms with Gasteiger partial charge in [0.05, 0.1) is 18.2 Å². The van der Waals surface area contributed by atoms with E-state index < -0.39 is 27.4 Å². The minimum Gasteiger partial charge on any atom is -0.481 e. The van der Waals surface area contributed by atoms with Crippen LogP contribution in [0.3, 0.4) is 0 Å². The van der Waals surface area contributed by atoms with E-state index in [1.54, 1.807) is 34.5 Å². The zero-order chi connectivity index (χ0) is 26.7. The lowest BCUT2D eigenvalue weighted by Crippen LogP contribution is -2.34. The lowest BCUT2D eigenvalue weighted by atomic mass is 10.2. The molecule has 0 aliphatic carbocycles. The molecule has 4 heterocycles. The van der Waals surface area contributed by atoms with E-state index >= 15 is 0 Å². The molecule has 0 unspecified atom stereocenters. The third-order valence-corrected chi connectivity index (χ3v) is 7.55. The Morgan fingerprint density at radius 2 is 1.81 bits per heavy atom. The van der Waals surface area contributed by atoms with Gasteiger partial charge in [0.25, 0.3) is 0 Å². The number of nitrogens with zero attached hydrogens (tertiary/aromatic N) is 9. The smallest absolute Gasteiger partial charge is 0.240 e. The number of anilines is 1. The molecule has 0 aliphatic heterocycles. The molecule has 4 rings (SSSR count). The molecule has 0 saturated carbocycles. The van der Waals surface area contributed by atoms with Crippen LogP contribution in [0, 0.1) is 0 Å². The Bertz CT molecular complexity index is 1470. The van der Waals surface area contributed by atoms with Gasteiger partial charge in [-0.3, -0.25) is 14.0 Å². The Labute approximate surface area is 218 Å². The van der Waals surface area contributed by atoms with Crippen LogP contribution in [0.15, 0.2) is 36.9 Å². The van der Waals surface area contributed by atoms with Gasteiger partial charge in [0.1, 0.15) is 29.2 Å². The van der Waals surface area contributed by atoms with E-state index in [-0.39, 0.29) is 11.8 Å². The molecule has 16 heteroatoms. The van der Waals surface area contributed by atoms with Gasteiger partial charge in [-0.2, -0.15) is 5.10 Å². The molecule has 196 valence electrons. The molecule has 0 spiro atoms. The number of hydrogen-bond donors (Lipinski definition) is 1. The topological polar surface area (TPSA) is 165 Å². The average Bonchev–Trinajstić information content (AvgIpc) is 3.51. The summed E-state index contributed by atoms with van der Waals surface area (Å²) in [5.74, 6) is 1.32. The van der Waals surface area contributed by atoms with E-state index in [1.165, 1.54) is 39.9 Å². The van der Waals surface area contributed by atoms with Crippen molar-refractivity contribution in [1.29, 1.82) is 0 Å². The summed E-state index contributed by atoms with van der Waals surface area (Å²) in [6.45, 7) is 3.30. The minimum absolute atomic E-state index is 0.0474. The standard InChI is InChI=1S/C21H25ClN10O4S/c1-12(19-25-11-26-31(19)3)32-20(15-7-6-8-16(27-15)35-4)28-29-21(32)30-37(33,34)13(2)17(36-5)18-23-9-14(22)10-24-18/h6-13,17H,1-5H3,(H,29,30)/t12-,13-,17-/m0/s1. The van der Waals surface area contributed by atoms with E-state index in [0.717, 1.165) is 0 Å². The van der Waals surface area contributed by atoms with Gasteiger partial charge < -0.3 is 9.47 Å². The van der Waals surface area contributed by atoms with Crippen LogP contribution in [-0.2, 0) is 21.8 Å². The third kappa shape index (κ3) is 5.38. The number of aryl methyl sites for hydroxylation is 1. The molecule has 0 aliphatic rings. The van der Waals surface area contributed by atoms with Crippen LogP contribution >= 0.6 is 11.6 Å². The average molecular weight is 549 g/mol. The van der Waals surface area contributed by atoms with Crippen molar-refractivity contribution >= 4 is 27.6 Å². The number of hydrogen-bond acceptors (Lipinski definition) is 11. The second kappa shape index (κ2) is 10.7. The molecular weight excluding hydrogens is 524 g/mol. The first-order valence-corrected chi connectivity index (χ1v) is 12.9. The molecular formula is C21H25ClN10O4S. The summed E-state index contributed by atoms with van der Waals surface area (Å²) in [5.41, 5.74) is 0.420. The van der Waals surface area contributed by atoms with Crippen molar-refractivity contribution in [3.8, 4) is 17.4 Å². The zero-order valence-corrected chi connectivity index (χ0v) is 22.2. The lowest BCUT2D eigenvalue weighted by molar-refractivity contribution is 0.0950. The molecule has 0 bridgehead atoms. The molecule has 37 heavy (non-hydrogen) atoms. The summed E-state index contributed by atoms with van der Waals surface area (Å²) in [5, 5.41) is 11.7. The van der Waals surface area contributed by atoms with Crippen molar-refractivity contribution in [2.75, 3.05) is 18.9 Å². The Morgan fingerprint density at radius 1 is 1.08 bits per heavy atom. The predicted molar refractivity (Wildman–Crippen MR) is 133 cm³/mol. The number of pyridine rings is 1. The van der Waals surface area contributed by atoms with Crippen molar-refractivity contribution in [1.82, 2.24) is 44.5 Å². The SMILES string of the molecule is COc1cccc(-c2nnc(NS(=O)(=O)[C@@H](C)[C@H](OC)c3ncc(Cl)cn3)n2[C@@H](C)c2ncnn2C)n1. The van der Waals surface area contributed by atoms with Gasteiger partial charge in [-0.15, -0.1) is 10.2 Å². The van der Waals surface area contributed by atoms with E-state index in [0.29, 0.717) is 28.2 Å². The molecule has 1 N–H and O–H groups in total. The lowest BCUT2D eigenvalue weighted by Gasteiger charge is -2.23. The molecule has 4 aromatic rings. The first-order valence-electron chi connectivity index (χ1n) is 11.0. The van der Waals surface area contributed by atoms with Gasteiger partial charge in [0, 0.05) is 32.6 Å². The normalized spacial score (nSPS) is 14.2. The Balaban J connectivity index is 1.75. The van der Waals surface area contributed by atoms with Gasteiger partial charge in [0.2, 0.25) is 21.9 Å². The number of ether oxygens (including phenoxy) is 2. The molecule has 0 radical (unpaired) electrons. The fourth-order valence-electron chi connectivity index (χ4n) is 3.71.